The molecule has 0 aliphatic rings. The molecule has 0 bridgehead atoms. The van der Waals surface area contributed by atoms with Gasteiger partial charge in [-0.2, -0.15) is 0 Å². The second-order valence-corrected chi connectivity index (χ2v) is 5.36. The summed E-state index contributed by atoms with van der Waals surface area (Å²) in [4.78, 5) is 20.2. The van der Waals surface area contributed by atoms with Crippen LogP contribution in [0.3, 0.4) is 0 Å². The fourth-order valence-corrected chi connectivity index (χ4v) is 2.98. The van der Waals surface area contributed by atoms with Gasteiger partial charge in [0, 0.05) is 21.3 Å². The smallest absolute Gasteiger partial charge is 0.338 e. The van der Waals surface area contributed by atoms with Gasteiger partial charge in [0.15, 0.2) is 5.16 Å². The minimum absolute atomic E-state index is 0.229. The Bertz CT molecular complexity index is 604. The summed E-state index contributed by atoms with van der Waals surface area (Å²) in [6, 6.07) is 7.02. The van der Waals surface area contributed by atoms with Crippen molar-refractivity contribution in [3.63, 3.8) is 0 Å². The van der Waals surface area contributed by atoms with Crippen LogP contribution in [0.15, 0.2) is 45.0 Å². The minimum Gasteiger partial charge on any atom is -0.478 e. The second-order valence-electron chi connectivity index (χ2n) is 3.50. The van der Waals surface area contributed by atoms with E-state index in [4.69, 9.17) is 0 Å². The maximum absolute atomic E-state index is 11.2. The molecule has 0 unspecified atom stereocenters. The summed E-state index contributed by atoms with van der Waals surface area (Å²) in [5, 5.41) is 9.73. The lowest BCUT2D eigenvalue weighted by Crippen LogP contribution is -2.00. The summed E-state index contributed by atoms with van der Waals surface area (Å²) in [5.41, 5.74) is 1.08. The van der Waals surface area contributed by atoms with Gasteiger partial charge in [-0.15, -0.1) is 0 Å². The maximum Gasteiger partial charge on any atom is 0.338 e. The molecule has 0 aliphatic carbocycles. The van der Waals surface area contributed by atoms with Crippen LogP contribution in [0.25, 0.3) is 0 Å². The fourth-order valence-electron chi connectivity index (χ4n) is 1.37. The first-order valence-electron chi connectivity index (χ1n) is 5.07. The molecule has 92 valence electrons. The molecule has 1 aromatic heterocycles. The van der Waals surface area contributed by atoms with Crippen molar-refractivity contribution in [2.45, 2.75) is 17.0 Å². The Hall–Kier alpha value is -1.40. The quantitative estimate of drug-likeness (QED) is 0.877. The van der Waals surface area contributed by atoms with Crippen LogP contribution in [0.1, 0.15) is 16.1 Å². The molecule has 1 N–H and O–H groups in total. The molecule has 1 heterocycles. The number of rotatable bonds is 3. The zero-order chi connectivity index (χ0) is 13.1. The standard InChI is InChI=1S/C12H9BrN2O2S/c1-7-5-6-14-12(15-7)18-9-4-2-3-8(13)10(9)11(16)17/h2-6H,1H3,(H,16,17). The summed E-state index contributed by atoms with van der Waals surface area (Å²) in [6.45, 7) is 1.87. The van der Waals surface area contributed by atoms with Gasteiger partial charge < -0.3 is 5.11 Å². The molecule has 0 atom stereocenters. The molecule has 4 nitrogen and oxygen atoms in total. The lowest BCUT2D eigenvalue weighted by Gasteiger charge is -2.06. The number of aromatic carboxylic acids is 1. The van der Waals surface area contributed by atoms with Crippen LogP contribution in [0, 0.1) is 6.92 Å². The van der Waals surface area contributed by atoms with Gasteiger partial charge in [0.25, 0.3) is 0 Å². The van der Waals surface area contributed by atoms with Crippen molar-refractivity contribution in [3.8, 4) is 0 Å². The molecule has 0 radical (unpaired) electrons. The van der Waals surface area contributed by atoms with E-state index in [1.807, 2.05) is 6.92 Å². The average Bonchev–Trinajstić information content (AvgIpc) is 2.28. The number of hydrogen-bond donors (Lipinski definition) is 1. The Balaban J connectivity index is 2.40. The molecule has 18 heavy (non-hydrogen) atoms. The molecule has 2 rings (SSSR count). The number of hydrogen-bond acceptors (Lipinski definition) is 4. The van der Waals surface area contributed by atoms with Crippen LogP contribution in [0.4, 0.5) is 0 Å². The van der Waals surface area contributed by atoms with Gasteiger partial charge in [-0.3, -0.25) is 0 Å². The highest BCUT2D eigenvalue weighted by Gasteiger charge is 2.15. The van der Waals surface area contributed by atoms with Crippen LogP contribution >= 0.6 is 27.7 Å². The maximum atomic E-state index is 11.2. The molecule has 6 heteroatoms. The van der Waals surface area contributed by atoms with E-state index in [1.165, 1.54) is 11.8 Å². The predicted molar refractivity (Wildman–Crippen MR) is 72.0 cm³/mol. The van der Waals surface area contributed by atoms with Crippen LogP contribution in [0.2, 0.25) is 0 Å². The van der Waals surface area contributed by atoms with Crippen molar-refractivity contribution >= 4 is 33.7 Å². The largest absolute Gasteiger partial charge is 0.478 e. The van der Waals surface area contributed by atoms with E-state index >= 15 is 0 Å². The van der Waals surface area contributed by atoms with Gasteiger partial charge in [-0.25, -0.2) is 14.8 Å². The van der Waals surface area contributed by atoms with E-state index in [2.05, 4.69) is 25.9 Å². The summed E-state index contributed by atoms with van der Waals surface area (Å²) in [7, 11) is 0. The van der Waals surface area contributed by atoms with E-state index in [-0.39, 0.29) is 5.56 Å². The molecule has 1 aromatic carbocycles. The van der Waals surface area contributed by atoms with Gasteiger partial charge >= 0.3 is 5.97 Å². The van der Waals surface area contributed by atoms with E-state index in [0.29, 0.717) is 14.5 Å². The summed E-state index contributed by atoms with van der Waals surface area (Å²) in [5.74, 6) is -0.974. The van der Waals surface area contributed by atoms with Crippen molar-refractivity contribution in [2.75, 3.05) is 0 Å². The summed E-state index contributed by atoms with van der Waals surface area (Å²) in [6.07, 6.45) is 1.66. The highest BCUT2D eigenvalue weighted by atomic mass is 79.9. The molecule has 0 saturated heterocycles. The highest BCUT2D eigenvalue weighted by molar-refractivity contribution is 9.10. The third kappa shape index (κ3) is 2.88. The first-order chi connectivity index (χ1) is 8.58. The van der Waals surface area contributed by atoms with Gasteiger partial charge in [0.1, 0.15) is 0 Å². The Morgan fingerprint density at radius 2 is 2.17 bits per heavy atom. The number of aryl methyl sites for hydroxylation is 1. The van der Waals surface area contributed by atoms with Gasteiger partial charge in [0.05, 0.1) is 5.56 Å². The highest BCUT2D eigenvalue weighted by Crippen LogP contribution is 2.32. The first-order valence-corrected chi connectivity index (χ1v) is 6.68. The topological polar surface area (TPSA) is 63.1 Å². The number of carboxylic acid groups (broad SMARTS) is 1. The third-order valence-electron chi connectivity index (χ3n) is 2.16. The van der Waals surface area contributed by atoms with E-state index < -0.39 is 5.97 Å². The number of carbonyl (C=O) groups is 1. The molecule has 0 amide bonds. The predicted octanol–water partition coefficient (Wildman–Crippen LogP) is 3.40. The zero-order valence-electron chi connectivity index (χ0n) is 9.42. The molecular formula is C12H9BrN2O2S. The third-order valence-corrected chi connectivity index (χ3v) is 3.76. The first kappa shape index (κ1) is 13.0. The molecule has 0 aliphatic heterocycles. The van der Waals surface area contributed by atoms with Crippen molar-refractivity contribution in [1.29, 1.82) is 0 Å². The van der Waals surface area contributed by atoms with E-state index in [9.17, 15) is 9.90 Å². The van der Waals surface area contributed by atoms with Gasteiger partial charge in [0.2, 0.25) is 0 Å². The van der Waals surface area contributed by atoms with Crippen molar-refractivity contribution < 1.29 is 9.90 Å². The Morgan fingerprint density at radius 3 is 2.83 bits per heavy atom. The Labute approximate surface area is 117 Å². The number of benzene rings is 1. The van der Waals surface area contributed by atoms with E-state index in [0.717, 1.165) is 5.69 Å². The van der Waals surface area contributed by atoms with Crippen LogP contribution in [-0.4, -0.2) is 21.0 Å². The Kier molecular flexibility index (Phi) is 3.98. The number of carboxylic acids is 1. The molecule has 0 saturated carbocycles. The molecule has 0 fully saturated rings. The van der Waals surface area contributed by atoms with Crippen LogP contribution in [-0.2, 0) is 0 Å². The van der Waals surface area contributed by atoms with Crippen LogP contribution < -0.4 is 0 Å². The van der Waals surface area contributed by atoms with E-state index in [1.54, 1.807) is 30.5 Å². The minimum atomic E-state index is -0.974. The van der Waals surface area contributed by atoms with Crippen molar-refractivity contribution in [2.24, 2.45) is 0 Å². The normalized spacial score (nSPS) is 10.3. The number of nitrogens with zero attached hydrogens (tertiary/aromatic N) is 2. The number of halogens is 1. The SMILES string of the molecule is Cc1ccnc(Sc2cccc(Br)c2C(=O)O)n1. The molecule has 0 spiro atoms. The lowest BCUT2D eigenvalue weighted by molar-refractivity contribution is 0.0692. The zero-order valence-corrected chi connectivity index (χ0v) is 11.8. The summed E-state index contributed by atoms with van der Waals surface area (Å²) >= 11 is 4.48. The lowest BCUT2D eigenvalue weighted by atomic mass is 10.2. The van der Waals surface area contributed by atoms with Gasteiger partial charge in [-0.05, 0) is 52.8 Å². The van der Waals surface area contributed by atoms with Crippen molar-refractivity contribution in [3.05, 3.63) is 46.2 Å². The molecular weight excluding hydrogens is 316 g/mol. The average molecular weight is 325 g/mol. The monoisotopic (exact) mass is 324 g/mol. The van der Waals surface area contributed by atoms with Crippen LogP contribution in [0.5, 0.6) is 0 Å². The van der Waals surface area contributed by atoms with Gasteiger partial charge in [-0.1, -0.05) is 6.07 Å². The van der Waals surface area contributed by atoms with Crippen molar-refractivity contribution in [1.82, 2.24) is 9.97 Å². The second kappa shape index (κ2) is 5.49. The number of aromatic nitrogens is 2. The summed E-state index contributed by atoms with van der Waals surface area (Å²) < 4.78 is 0.549. The fraction of sp³-hybridized carbons (Fsp3) is 0.0833. The Morgan fingerprint density at radius 1 is 1.39 bits per heavy atom. The molecule has 2 aromatic rings.